The van der Waals surface area contributed by atoms with Gasteiger partial charge >= 0.3 is 6.03 Å². The summed E-state index contributed by atoms with van der Waals surface area (Å²) in [5, 5.41) is 19.5. The molecule has 3 amide bonds. The van der Waals surface area contributed by atoms with Crippen LogP contribution in [0, 0.1) is 29.6 Å². The third-order valence-corrected chi connectivity index (χ3v) is 12.2. The number of piperidine rings is 2. The van der Waals surface area contributed by atoms with Crippen molar-refractivity contribution in [3.63, 3.8) is 0 Å². The summed E-state index contributed by atoms with van der Waals surface area (Å²) in [4.78, 5) is 33.0. The fraction of sp³-hybridized carbons (Fsp3) is 0.818. The lowest BCUT2D eigenvalue weighted by Crippen LogP contribution is -2.80. The number of hydrogen-bond donors (Lipinski definition) is 3. The first-order chi connectivity index (χ1) is 22.2. The van der Waals surface area contributed by atoms with Gasteiger partial charge in [0.05, 0.1) is 30.3 Å². The Morgan fingerprint density at radius 2 is 1.93 bits per heavy atom. The summed E-state index contributed by atoms with van der Waals surface area (Å²) in [6.07, 6.45) is 3.62. The minimum absolute atomic E-state index is 0.0173. The number of nitrogens with one attached hydrogen (secondary N) is 3. The lowest BCUT2D eigenvalue weighted by Gasteiger charge is -2.60. The largest absolute Gasteiger partial charge is 0.336 e. The van der Waals surface area contributed by atoms with E-state index in [-0.39, 0.29) is 60.2 Å². The van der Waals surface area contributed by atoms with Gasteiger partial charge in [-0.05, 0) is 63.5 Å². The van der Waals surface area contributed by atoms with Crippen LogP contribution in [-0.4, -0.2) is 117 Å². The van der Waals surface area contributed by atoms with Crippen LogP contribution in [0.5, 0.6) is 0 Å². The molecule has 2 bridgehead atoms. The van der Waals surface area contributed by atoms with Gasteiger partial charge in [0, 0.05) is 62.1 Å². The predicted octanol–water partition coefficient (Wildman–Crippen LogP) is 2.30. The molecule has 1 saturated carbocycles. The highest BCUT2D eigenvalue weighted by molar-refractivity contribution is 5.87. The Morgan fingerprint density at radius 3 is 2.70 bits per heavy atom. The first-order valence-electron chi connectivity index (χ1n) is 17.6. The number of halogens is 2. The molecule has 3 N–H and O–H groups in total. The number of fused-ring (bicyclic) bond motifs is 6. The number of piperazine rings is 1. The van der Waals surface area contributed by atoms with E-state index in [4.69, 9.17) is 0 Å². The Morgan fingerprint density at radius 1 is 1.11 bits per heavy atom. The Bertz CT molecular complexity index is 1300. The molecule has 1 aliphatic carbocycles. The van der Waals surface area contributed by atoms with Crippen LogP contribution < -0.4 is 16.0 Å². The number of amides is 3. The lowest BCUT2D eigenvalue weighted by atomic mass is 9.68. The van der Waals surface area contributed by atoms with E-state index in [0.29, 0.717) is 39.0 Å². The maximum Gasteiger partial charge on any atom is 0.320 e. The standard InChI is InChI=1S/C33H51F2N9O2/c1-5-26(45)41-11-12-42(19(4)16-41)31-23-14-25(35)29-27-20(7-6-8-24(27)34)13-22-15-37-40-43(22)17-21-9-10-36-28(18(2)3)30(21)44(32(23)38-29)33(46)39-31/h5,15,18-21,23-25,27-32,36,38H,1,6-14,16-17H2,2-4H3,(H,39,46)/t19-,20?,21?,23?,24?,25?,27?,28?,29?,30?,31?,32?/m0/s1. The van der Waals surface area contributed by atoms with Crippen LogP contribution in [0.25, 0.3) is 0 Å². The summed E-state index contributed by atoms with van der Waals surface area (Å²) in [6, 6.07) is -1.10. The molecule has 0 radical (unpaired) electrons. The van der Waals surface area contributed by atoms with Gasteiger partial charge in [-0.3, -0.25) is 15.0 Å². The van der Waals surface area contributed by atoms with Gasteiger partial charge in [0.2, 0.25) is 5.91 Å². The van der Waals surface area contributed by atoms with Crippen LogP contribution in [0.15, 0.2) is 18.9 Å². The second-order valence-corrected chi connectivity index (χ2v) is 15.1. The summed E-state index contributed by atoms with van der Waals surface area (Å²) in [7, 11) is 0. The predicted molar refractivity (Wildman–Crippen MR) is 169 cm³/mol. The molecule has 6 aliphatic rings. The molecule has 12 atom stereocenters. The molecule has 1 aromatic heterocycles. The van der Waals surface area contributed by atoms with Crippen molar-refractivity contribution in [2.75, 3.05) is 26.2 Å². The smallest absolute Gasteiger partial charge is 0.320 e. The molecule has 4 saturated heterocycles. The highest BCUT2D eigenvalue weighted by Gasteiger charge is 2.57. The van der Waals surface area contributed by atoms with Gasteiger partial charge in [-0.15, -0.1) is 5.10 Å². The third-order valence-electron chi connectivity index (χ3n) is 12.2. The molecule has 0 aromatic carbocycles. The summed E-state index contributed by atoms with van der Waals surface area (Å²) in [5.74, 6) is -0.591. The number of hydrogen-bond acceptors (Lipinski definition) is 7. The Kier molecular flexibility index (Phi) is 8.86. The van der Waals surface area contributed by atoms with Crippen LogP contribution in [-0.2, 0) is 17.8 Å². The molecule has 5 fully saturated rings. The van der Waals surface area contributed by atoms with Crippen molar-refractivity contribution in [1.29, 1.82) is 0 Å². The average molecular weight is 644 g/mol. The van der Waals surface area contributed by atoms with E-state index in [1.54, 1.807) is 11.1 Å². The Labute approximate surface area is 270 Å². The number of alkyl halides is 2. The number of urea groups is 1. The summed E-state index contributed by atoms with van der Waals surface area (Å²) in [5.41, 5.74) is 0.968. The molecule has 1 aromatic rings. The van der Waals surface area contributed by atoms with E-state index in [1.807, 2.05) is 9.58 Å². The highest BCUT2D eigenvalue weighted by Crippen LogP contribution is 2.45. The third kappa shape index (κ3) is 5.53. The van der Waals surface area contributed by atoms with E-state index in [1.165, 1.54) is 6.08 Å². The Hall–Kier alpha value is -2.64. The zero-order chi connectivity index (χ0) is 32.3. The second-order valence-electron chi connectivity index (χ2n) is 15.1. The number of carbonyl (C=O) groups excluding carboxylic acids is 2. The first kappa shape index (κ1) is 31.9. The molecule has 6 heterocycles. The van der Waals surface area contributed by atoms with Gasteiger partial charge in [0.25, 0.3) is 0 Å². The lowest BCUT2D eigenvalue weighted by molar-refractivity contribution is -0.132. The Balaban J connectivity index is 1.30. The van der Waals surface area contributed by atoms with Crippen molar-refractivity contribution in [3.8, 4) is 0 Å². The number of rotatable bonds is 3. The molecule has 7 rings (SSSR count). The zero-order valence-corrected chi connectivity index (χ0v) is 27.4. The normalized spacial score (nSPS) is 41.7. The molecule has 5 aliphatic heterocycles. The minimum atomic E-state index is -1.27. The van der Waals surface area contributed by atoms with Crippen molar-refractivity contribution in [3.05, 3.63) is 24.5 Å². The number of nitrogens with zero attached hydrogens (tertiary/aromatic N) is 6. The van der Waals surface area contributed by atoms with Crippen molar-refractivity contribution < 1.29 is 18.4 Å². The maximum absolute atomic E-state index is 16.8. The van der Waals surface area contributed by atoms with Gasteiger partial charge in [-0.25, -0.2) is 18.3 Å². The first-order valence-corrected chi connectivity index (χ1v) is 17.6. The topological polar surface area (TPSA) is 111 Å². The fourth-order valence-corrected chi connectivity index (χ4v) is 10.0. The number of aromatic nitrogens is 3. The molecule has 0 spiro atoms. The van der Waals surface area contributed by atoms with Gasteiger partial charge in [0.1, 0.15) is 12.3 Å². The van der Waals surface area contributed by atoms with Gasteiger partial charge in [-0.2, -0.15) is 0 Å². The van der Waals surface area contributed by atoms with E-state index < -0.39 is 36.6 Å². The monoisotopic (exact) mass is 643 g/mol. The van der Waals surface area contributed by atoms with Crippen molar-refractivity contribution in [2.24, 2.45) is 29.6 Å². The van der Waals surface area contributed by atoms with Crippen LogP contribution in [0.4, 0.5) is 13.6 Å². The van der Waals surface area contributed by atoms with E-state index in [2.05, 4.69) is 58.5 Å². The molecule has 11 unspecified atom stereocenters. The van der Waals surface area contributed by atoms with E-state index in [9.17, 15) is 9.59 Å². The zero-order valence-electron chi connectivity index (χ0n) is 27.4. The highest BCUT2D eigenvalue weighted by atomic mass is 19.1. The minimum Gasteiger partial charge on any atom is -0.336 e. The molecule has 11 nitrogen and oxygen atoms in total. The van der Waals surface area contributed by atoms with Crippen molar-refractivity contribution in [2.45, 2.75) is 115 Å². The van der Waals surface area contributed by atoms with Crippen molar-refractivity contribution >= 4 is 11.9 Å². The van der Waals surface area contributed by atoms with Gasteiger partial charge in [-0.1, -0.05) is 32.1 Å². The quantitative estimate of drug-likeness (QED) is 0.434. The molecule has 46 heavy (non-hydrogen) atoms. The molecular weight excluding hydrogens is 592 g/mol. The van der Waals surface area contributed by atoms with Gasteiger partial charge in [0.15, 0.2) is 0 Å². The summed E-state index contributed by atoms with van der Waals surface area (Å²) < 4.78 is 34.8. The molecule has 13 heteroatoms. The van der Waals surface area contributed by atoms with E-state index >= 15 is 8.78 Å². The summed E-state index contributed by atoms with van der Waals surface area (Å²) in [6.45, 7) is 13.1. The second kappa shape index (κ2) is 12.8. The van der Waals surface area contributed by atoms with Gasteiger partial charge < -0.3 is 20.4 Å². The van der Waals surface area contributed by atoms with Crippen molar-refractivity contribution in [1.82, 2.24) is 45.6 Å². The number of carbonyl (C=O) groups is 2. The van der Waals surface area contributed by atoms with Crippen LogP contribution in [0.3, 0.4) is 0 Å². The average Bonchev–Trinajstić information content (AvgIpc) is 3.46. The van der Waals surface area contributed by atoms with Crippen LogP contribution in [0.1, 0.15) is 58.6 Å². The fourth-order valence-electron chi connectivity index (χ4n) is 10.0. The van der Waals surface area contributed by atoms with E-state index in [0.717, 1.165) is 31.5 Å². The SMILES string of the molecule is C=CC(=O)N1CCN(C2NC(=O)N3C4NC(C(F)CC42)C2C(F)CCCC2Cc2cnnn2CC2CCNC(C(C)C)C23)[C@@H](C)C1. The maximum atomic E-state index is 16.8. The van der Waals surface area contributed by atoms with Crippen LogP contribution in [0.2, 0.25) is 0 Å². The molecular formula is C33H51F2N9O2. The molecule has 254 valence electrons. The summed E-state index contributed by atoms with van der Waals surface area (Å²) >= 11 is 0. The van der Waals surface area contributed by atoms with Crippen LogP contribution >= 0.6 is 0 Å².